The van der Waals surface area contributed by atoms with Crippen molar-refractivity contribution in [3.8, 4) is 11.4 Å². The lowest BCUT2D eigenvalue weighted by atomic mass is 10.1. The van der Waals surface area contributed by atoms with Crippen molar-refractivity contribution in [3.63, 3.8) is 0 Å². The first kappa shape index (κ1) is 15.8. The molecule has 0 fully saturated rings. The lowest BCUT2D eigenvalue weighted by molar-refractivity contribution is 0.245. The smallest absolute Gasteiger partial charge is 0.185 e. The molecule has 4 heterocycles. The van der Waals surface area contributed by atoms with E-state index in [0.29, 0.717) is 15.4 Å². The van der Waals surface area contributed by atoms with Crippen LogP contribution in [-0.2, 0) is 19.5 Å². The first-order valence-electron chi connectivity index (χ1n) is 7.32. The molecule has 0 saturated heterocycles. The van der Waals surface area contributed by atoms with Crippen molar-refractivity contribution in [1.29, 1.82) is 0 Å². The molecule has 122 valence electrons. The first-order valence-corrected chi connectivity index (χ1v) is 8.89. The second-order valence-electron chi connectivity index (χ2n) is 5.43. The summed E-state index contributed by atoms with van der Waals surface area (Å²) in [6.45, 7) is 2.42. The van der Waals surface area contributed by atoms with E-state index in [0.717, 1.165) is 47.8 Å². The average molecular weight is 379 g/mol. The Morgan fingerprint density at radius 2 is 1.96 bits per heavy atom. The monoisotopic (exact) mass is 378 g/mol. The van der Waals surface area contributed by atoms with Gasteiger partial charge in [0.05, 0.1) is 16.1 Å². The number of thiazole rings is 1. The van der Waals surface area contributed by atoms with E-state index in [1.165, 1.54) is 17.7 Å². The average Bonchev–Trinajstić information content (AvgIpc) is 2.92. The summed E-state index contributed by atoms with van der Waals surface area (Å²) >= 11 is 13.4. The Morgan fingerprint density at radius 3 is 2.71 bits per heavy atom. The Hall–Kier alpha value is -1.67. The summed E-state index contributed by atoms with van der Waals surface area (Å²) in [6.07, 6.45) is 7.69. The molecule has 0 spiro atoms. The molecule has 0 bridgehead atoms. The molecule has 1 aliphatic rings. The molecule has 0 radical (unpaired) electrons. The number of rotatable bonds is 3. The van der Waals surface area contributed by atoms with Gasteiger partial charge in [-0.05, 0) is 0 Å². The summed E-state index contributed by atoms with van der Waals surface area (Å²) in [5, 5.41) is 0.492. The molecule has 9 heteroatoms. The zero-order valence-corrected chi connectivity index (χ0v) is 14.8. The van der Waals surface area contributed by atoms with Crippen LogP contribution in [0.15, 0.2) is 24.9 Å². The summed E-state index contributed by atoms with van der Waals surface area (Å²) in [4.78, 5) is 24.5. The normalized spacial score (nSPS) is 14.6. The SMILES string of the molecule is Clc1nc(Cl)c(CN2CCc3nc(-c4cncnc4)ncc3C2)s1. The number of fused-ring (bicyclic) bond motifs is 1. The van der Waals surface area contributed by atoms with E-state index in [-0.39, 0.29) is 0 Å². The zero-order valence-electron chi connectivity index (χ0n) is 12.5. The Bertz CT molecular complexity index is 870. The van der Waals surface area contributed by atoms with Gasteiger partial charge in [0.15, 0.2) is 10.3 Å². The van der Waals surface area contributed by atoms with E-state index in [2.05, 4.69) is 29.8 Å². The van der Waals surface area contributed by atoms with Crippen LogP contribution in [0.3, 0.4) is 0 Å². The number of nitrogens with zero attached hydrogens (tertiary/aromatic N) is 6. The Kier molecular flexibility index (Phi) is 4.41. The molecule has 3 aromatic heterocycles. The molecule has 6 nitrogen and oxygen atoms in total. The van der Waals surface area contributed by atoms with Crippen LogP contribution < -0.4 is 0 Å². The number of aromatic nitrogens is 5. The summed E-state index contributed by atoms with van der Waals surface area (Å²) in [6, 6.07) is 0. The minimum absolute atomic E-state index is 0.477. The standard InChI is InChI=1S/C15H12Cl2N6S/c16-13-12(24-15(17)22-13)7-23-2-1-11-10(6-23)5-20-14(21-11)9-3-18-8-19-4-9/h3-5,8H,1-2,6-7H2. The van der Waals surface area contributed by atoms with E-state index in [1.54, 1.807) is 12.4 Å². The second kappa shape index (κ2) is 6.68. The Labute approximate surface area is 152 Å². The lowest BCUT2D eigenvalue weighted by Gasteiger charge is -2.27. The van der Waals surface area contributed by atoms with Gasteiger partial charge in [0, 0.05) is 50.2 Å². The van der Waals surface area contributed by atoms with Crippen molar-refractivity contribution in [2.75, 3.05) is 6.54 Å². The van der Waals surface area contributed by atoms with Gasteiger partial charge in [0.2, 0.25) is 0 Å². The van der Waals surface area contributed by atoms with Crippen LogP contribution >= 0.6 is 34.5 Å². The molecule has 0 aliphatic carbocycles. The Morgan fingerprint density at radius 1 is 1.12 bits per heavy atom. The van der Waals surface area contributed by atoms with Gasteiger partial charge >= 0.3 is 0 Å². The number of hydrogen-bond donors (Lipinski definition) is 0. The van der Waals surface area contributed by atoms with Gasteiger partial charge in [-0.3, -0.25) is 4.90 Å². The van der Waals surface area contributed by atoms with Crippen molar-refractivity contribution >= 4 is 34.5 Å². The molecule has 24 heavy (non-hydrogen) atoms. The van der Waals surface area contributed by atoms with Crippen LogP contribution in [-0.4, -0.2) is 36.4 Å². The highest BCUT2D eigenvalue weighted by Gasteiger charge is 2.21. The minimum Gasteiger partial charge on any atom is -0.293 e. The lowest BCUT2D eigenvalue weighted by Crippen LogP contribution is -2.30. The van der Waals surface area contributed by atoms with Crippen molar-refractivity contribution in [1.82, 2.24) is 29.8 Å². The van der Waals surface area contributed by atoms with Crippen molar-refractivity contribution in [2.45, 2.75) is 19.5 Å². The van der Waals surface area contributed by atoms with Crippen LogP contribution in [0.2, 0.25) is 9.62 Å². The predicted octanol–water partition coefficient (Wildman–Crippen LogP) is 3.26. The van der Waals surface area contributed by atoms with Crippen LogP contribution in [0.25, 0.3) is 11.4 Å². The fourth-order valence-electron chi connectivity index (χ4n) is 2.67. The Balaban J connectivity index is 1.53. The van der Waals surface area contributed by atoms with Crippen LogP contribution in [0.4, 0.5) is 0 Å². The number of halogens is 2. The third-order valence-corrected chi connectivity index (χ3v) is 5.39. The van der Waals surface area contributed by atoms with Gasteiger partial charge < -0.3 is 0 Å². The molecule has 3 aromatic rings. The van der Waals surface area contributed by atoms with E-state index in [1.807, 2.05) is 6.20 Å². The molecule has 0 N–H and O–H groups in total. The van der Waals surface area contributed by atoms with Gasteiger partial charge in [0.1, 0.15) is 11.5 Å². The summed E-state index contributed by atoms with van der Waals surface area (Å²) in [5.41, 5.74) is 3.04. The van der Waals surface area contributed by atoms with Crippen LogP contribution in [0, 0.1) is 0 Å². The van der Waals surface area contributed by atoms with Gasteiger partial charge in [0.25, 0.3) is 0 Å². The molecular formula is C15H12Cl2N6S. The summed E-state index contributed by atoms with van der Waals surface area (Å²) in [7, 11) is 0. The minimum atomic E-state index is 0.477. The quantitative estimate of drug-likeness (QED) is 0.696. The third kappa shape index (κ3) is 3.25. The second-order valence-corrected chi connectivity index (χ2v) is 7.46. The van der Waals surface area contributed by atoms with Crippen LogP contribution in [0.5, 0.6) is 0 Å². The molecular weight excluding hydrogens is 367 g/mol. The van der Waals surface area contributed by atoms with E-state index >= 15 is 0 Å². The van der Waals surface area contributed by atoms with Crippen molar-refractivity contribution < 1.29 is 0 Å². The summed E-state index contributed by atoms with van der Waals surface area (Å²) < 4.78 is 0.477. The van der Waals surface area contributed by atoms with E-state index < -0.39 is 0 Å². The topological polar surface area (TPSA) is 67.7 Å². The van der Waals surface area contributed by atoms with E-state index in [9.17, 15) is 0 Å². The van der Waals surface area contributed by atoms with Crippen molar-refractivity contribution in [3.05, 3.63) is 50.7 Å². The van der Waals surface area contributed by atoms with E-state index in [4.69, 9.17) is 23.2 Å². The van der Waals surface area contributed by atoms with Gasteiger partial charge in [-0.15, -0.1) is 11.3 Å². The first-order chi connectivity index (χ1) is 11.7. The number of hydrogen-bond acceptors (Lipinski definition) is 7. The molecule has 1 aliphatic heterocycles. The summed E-state index contributed by atoms with van der Waals surface area (Å²) in [5.74, 6) is 0.667. The molecule has 0 aromatic carbocycles. The predicted molar refractivity (Wildman–Crippen MR) is 93.0 cm³/mol. The molecule has 4 rings (SSSR count). The van der Waals surface area contributed by atoms with Gasteiger partial charge in [-0.25, -0.2) is 24.9 Å². The maximum atomic E-state index is 6.10. The fourth-order valence-corrected chi connectivity index (χ4v) is 4.10. The highest BCUT2D eigenvalue weighted by molar-refractivity contribution is 7.16. The fraction of sp³-hybridized carbons (Fsp3) is 0.267. The molecule has 0 amide bonds. The van der Waals surface area contributed by atoms with Crippen molar-refractivity contribution in [2.24, 2.45) is 0 Å². The molecule has 0 unspecified atom stereocenters. The largest absolute Gasteiger partial charge is 0.293 e. The van der Waals surface area contributed by atoms with Gasteiger partial charge in [-0.1, -0.05) is 23.2 Å². The molecule has 0 atom stereocenters. The van der Waals surface area contributed by atoms with Gasteiger partial charge in [-0.2, -0.15) is 0 Å². The molecule has 0 saturated carbocycles. The van der Waals surface area contributed by atoms with Crippen LogP contribution in [0.1, 0.15) is 16.1 Å². The zero-order chi connectivity index (χ0) is 16.5. The highest BCUT2D eigenvalue weighted by Crippen LogP contribution is 2.29. The highest BCUT2D eigenvalue weighted by atomic mass is 35.5. The maximum Gasteiger partial charge on any atom is 0.185 e. The maximum absolute atomic E-state index is 6.10. The third-order valence-electron chi connectivity index (χ3n) is 3.82.